The van der Waals surface area contributed by atoms with Gasteiger partial charge in [0.25, 0.3) is 0 Å². The first kappa shape index (κ1) is 15.0. The Hall–Kier alpha value is -0.420. The largest absolute Gasteiger partial charge is 0.391 e. The van der Waals surface area contributed by atoms with Gasteiger partial charge in [0.15, 0.2) is 0 Å². The van der Waals surface area contributed by atoms with Crippen molar-refractivity contribution in [3.63, 3.8) is 0 Å². The van der Waals surface area contributed by atoms with E-state index in [1.54, 1.807) is 17.6 Å². The molecule has 108 valence electrons. The van der Waals surface area contributed by atoms with Gasteiger partial charge in [0.1, 0.15) is 0 Å². The molecule has 1 heterocycles. The van der Waals surface area contributed by atoms with Gasteiger partial charge in [-0.25, -0.2) is 0 Å². The molecule has 1 aliphatic rings. The van der Waals surface area contributed by atoms with Crippen LogP contribution in [0.2, 0.25) is 0 Å². The maximum absolute atomic E-state index is 9.60. The SMILES string of the molecule is COCC(O)CCNC(C)c1cc2c(s1)CCCC2. The van der Waals surface area contributed by atoms with Crippen LogP contribution in [-0.2, 0) is 17.6 Å². The summed E-state index contributed by atoms with van der Waals surface area (Å²) in [5, 5.41) is 13.1. The van der Waals surface area contributed by atoms with Crippen molar-refractivity contribution < 1.29 is 9.84 Å². The summed E-state index contributed by atoms with van der Waals surface area (Å²) in [7, 11) is 1.62. The Morgan fingerprint density at radius 2 is 2.21 bits per heavy atom. The van der Waals surface area contributed by atoms with E-state index in [4.69, 9.17) is 4.74 Å². The second-order valence-electron chi connectivity index (χ2n) is 5.38. The van der Waals surface area contributed by atoms with Crippen LogP contribution >= 0.6 is 11.3 Å². The number of thiophene rings is 1. The minimum absolute atomic E-state index is 0.360. The van der Waals surface area contributed by atoms with Gasteiger partial charge < -0.3 is 15.2 Å². The molecule has 1 aromatic rings. The van der Waals surface area contributed by atoms with Gasteiger partial charge in [-0.15, -0.1) is 11.3 Å². The van der Waals surface area contributed by atoms with Crippen LogP contribution in [-0.4, -0.2) is 31.5 Å². The van der Waals surface area contributed by atoms with E-state index >= 15 is 0 Å². The topological polar surface area (TPSA) is 41.5 Å². The number of fused-ring (bicyclic) bond motifs is 1. The zero-order chi connectivity index (χ0) is 13.7. The third-order valence-corrected chi connectivity index (χ3v) is 5.15. The maximum Gasteiger partial charge on any atom is 0.0785 e. The second-order valence-corrected chi connectivity index (χ2v) is 6.55. The van der Waals surface area contributed by atoms with Crippen LogP contribution in [0.4, 0.5) is 0 Å². The van der Waals surface area contributed by atoms with Gasteiger partial charge in [-0.05, 0) is 57.2 Å². The number of rotatable bonds is 7. The lowest BCUT2D eigenvalue weighted by atomic mass is 9.99. The molecule has 0 saturated heterocycles. The van der Waals surface area contributed by atoms with Gasteiger partial charge >= 0.3 is 0 Å². The summed E-state index contributed by atoms with van der Waals surface area (Å²) >= 11 is 1.96. The second kappa shape index (κ2) is 7.39. The maximum atomic E-state index is 9.60. The molecule has 0 amide bonds. The van der Waals surface area contributed by atoms with Crippen LogP contribution < -0.4 is 5.32 Å². The molecule has 19 heavy (non-hydrogen) atoms. The molecule has 2 atom stereocenters. The molecule has 0 saturated carbocycles. The van der Waals surface area contributed by atoms with Crippen LogP contribution in [0, 0.1) is 0 Å². The normalized spacial score (nSPS) is 18.1. The van der Waals surface area contributed by atoms with Crippen molar-refractivity contribution in [1.29, 1.82) is 0 Å². The Morgan fingerprint density at radius 1 is 1.42 bits per heavy atom. The van der Waals surface area contributed by atoms with Crippen molar-refractivity contribution in [2.24, 2.45) is 0 Å². The van der Waals surface area contributed by atoms with Gasteiger partial charge in [0.2, 0.25) is 0 Å². The van der Waals surface area contributed by atoms with Gasteiger partial charge in [-0.2, -0.15) is 0 Å². The zero-order valence-electron chi connectivity index (χ0n) is 11.9. The summed E-state index contributed by atoms with van der Waals surface area (Å²) in [4.78, 5) is 3.03. The molecular formula is C15H25NO2S. The van der Waals surface area contributed by atoms with Crippen molar-refractivity contribution in [1.82, 2.24) is 5.32 Å². The van der Waals surface area contributed by atoms with E-state index in [1.807, 2.05) is 11.3 Å². The predicted octanol–water partition coefficient (Wildman–Crippen LogP) is 2.67. The molecular weight excluding hydrogens is 258 g/mol. The lowest BCUT2D eigenvalue weighted by Crippen LogP contribution is -2.25. The molecule has 0 fully saturated rings. The number of methoxy groups -OCH3 is 1. The number of hydrogen-bond donors (Lipinski definition) is 2. The van der Waals surface area contributed by atoms with E-state index in [-0.39, 0.29) is 6.10 Å². The standard InChI is InChI=1S/C15H25NO2S/c1-11(16-8-7-13(17)10-18-2)15-9-12-5-3-4-6-14(12)19-15/h9,11,13,16-17H,3-8,10H2,1-2H3. The van der Waals surface area contributed by atoms with Crippen molar-refractivity contribution >= 4 is 11.3 Å². The molecule has 0 spiro atoms. The fraction of sp³-hybridized carbons (Fsp3) is 0.733. The number of nitrogens with one attached hydrogen (secondary N) is 1. The third kappa shape index (κ3) is 4.28. The zero-order valence-corrected chi connectivity index (χ0v) is 12.8. The highest BCUT2D eigenvalue weighted by atomic mass is 32.1. The van der Waals surface area contributed by atoms with Gasteiger partial charge in [0.05, 0.1) is 12.7 Å². The summed E-state index contributed by atoms with van der Waals surface area (Å²) in [6.45, 7) is 3.46. The van der Waals surface area contributed by atoms with Gasteiger partial charge in [-0.1, -0.05) is 0 Å². The Labute approximate surface area is 120 Å². The fourth-order valence-corrected chi connectivity index (χ4v) is 3.85. The minimum atomic E-state index is -0.360. The molecule has 3 nitrogen and oxygen atoms in total. The average Bonchev–Trinajstić information content (AvgIpc) is 2.82. The predicted molar refractivity (Wildman–Crippen MR) is 79.9 cm³/mol. The minimum Gasteiger partial charge on any atom is -0.391 e. The van der Waals surface area contributed by atoms with Gasteiger partial charge in [-0.3, -0.25) is 0 Å². The smallest absolute Gasteiger partial charge is 0.0785 e. The van der Waals surface area contributed by atoms with E-state index in [9.17, 15) is 5.11 Å². The van der Waals surface area contributed by atoms with Crippen molar-refractivity contribution in [2.75, 3.05) is 20.3 Å². The number of aliphatic hydroxyl groups excluding tert-OH is 1. The fourth-order valence-electron chi connectivity index (χ4n) is 2.57. The van der Waals surface area contributed by atoms with Crippen molar-refractivity contribution in [2.45, 2.75) is 51.2 Å². The average molecular weight is 283 g/mol. The molecule has 0 radical (unpaired) electrons. The molecule has 1 aliphatic carbocycles. The van der Waals surface area contributed by atoms with Crippen molar-refractivity contribution in [3.8, 4) is 0 Å². The summed E-state index contributed by atoms with van der Waals surface area (Å²) in [6, 6.07) is 2.76. The number of ether oxygens (including phenoxy) is 1. The highest BCUT2D eigenvalue weighted by molar-refractivity contribution is 7.12. The van der Waals surface area contributed by atoms with E-state index < -0.39 is 0 Å². The first-order valence-electron chi connectivity index (χ1n) is 7.22. The molecule has 2 unspecified atom stereocenters. The highest BCUT2D eigenvalue weighted by Gasteiger charge is 2.16. The summed E-state index contributed by atoms with van der Waals surface area (Å²) < 4.78 is 4.93. The van der Waals surface area contributed by atoms with Crippen LogP contribution in [0.3, 0.4) is 0 Å². The Kier molecular flexibility index (Phi) is 5.82. The van der Waals surface area contributed by atoms with Crippen LogP contribution in [0.1, 0.15) is 47.5 Å². The molecule has 2 N–H and O–H groups in total. The summed E-state index contributed by atoms with van der Waals surface area (Å²) in [5.74, 6) is 0. The Balaban J connectivity index is 1.79. The number of aliphatic hydroxyl groups is 1. The summed E-state index contributed by atoms with van der Waals surface area (Å²) in [5.41, 5.74) is 1.57. The first-order valence-corrected chi connectivity index (χ1v) is 8.04. The quantitative estimate of drug-likeness (QED) is 0.808. The molecule has 2 rings (SSSR count). The lowest BCUT2D eigenvalue weighted by molar-refractivity contribution is 0.0591. The van der Waals surface area contributed by atoms with E-state index in [0.717, 1.165) is 13.0 Å². The highest BCUT2D eigenvalue weighted by Crippen LogP contribution is 2.32. The Bertz CT molecular complexity index is 368. The van der Waals surface area contributed by atoms with Gasteiger partial charge in [0, 0.05) is 22.9 Å². The Morgan fingerprint density at radius 3 is 2.95 bits per heavy atom. The molecule has 1 aromatic heterocycles. The molecule has 0 bridgehead atoms. The van der Waals surface area contributed by atoms with Crippen LogP contribution in [0.5, 0.6) is 0 Å². The third-order valence-electron chi connectivity index (χ3n) is 3.73. The van der Waals surface area contributed by atoms with E-state index in [2.05, 4.69) is 18.3 Å². The van der Waals surface area contributed by atoms with Crippen molar-refractivity contribution in [3.05, 3.63) is 21.4 Å². The van der Waals surface area contributed by atoms with Crippen LogP contribution in [0.25, 0.3) is 0 Å². The van der Waals surface area contributed by atoms with E-state index in [0.29, 0.717) is 12.6 Å². The summed E-state index contributed by atoms with van der Waals surface area (Å²) in [6.07, 6.45) is 5.58. The monoisotopic (exact) mass is 283 g/mol. The first-order chi connectivity index (χ1) is 9.20. The number of hydrogen-bond acceptors (Lipinski definition) is 4. The lowest BCUT2D eigenvalue weighted by Gasteiger charge is -2.14. The van der Waals surface area contributed by atoms with Crippen LogP contribution in [0.15, 0.2) is 6.07 Å². The molecule has 0 aliphatic heterocycles. The van der Waals surface area contributed by atoms with E-state index in [1.165, 1.54) is 30.6 Å². The number of aryl methyl sites for hydroxylation is 2. The molecule has 4 heteroatoms. The molecule has 0 aromatic carbocycles.